The number of benzene rings is 3. The SMILES string of the molecule is COc1ccc(C(=O)c2cnc3ccc(OC)cc3c2N2CCN(c3ccccc3)CC2)cc1. The molecule has 1 aromatic heterocycles. The molecule has 172 valence electrons. The predicted molar refractivity (Wildman–Crippen MR) is 136 cm³/mol. The van der Waals surface area contributed by atoms with E-state index in [1.807, 2.05) is 36.4 Å². The zero-order chi connectivity index (χ0) is 23.5. The molecular weight excluding hydrogens is 426 g/mol. The Bertz CT molecular complexity index is 1300. The van der Waals surface area contributed by atoms with Gasteiger partial charge in [0.15, 0.2) is 5.78 Å². The highest BCUT2D eigenvalue weighted by atomic mass is 16.5. The number of piperazine rings is 1. The van der Waals surface area contributed by atoms with Crippen molar-refractivity contribution >= 4 is 28.1 Å². The van der Waals surface area contributed by atoms with Crippen molar-refractivity contribution in [2.75, 3.05) is 50.2 Å². The van der Waals surface area contributed by atoms with Crippen LogP contribution < -0.4 is 19.3 Å². The van der Waals surface area contributed by atoms with Gasteiger partial charge in [-0.25, -0.2) is 0 Å². The molecule has 3 aromatic carbocycles. The number of fused-ring (bicyclic) bond motifs is 1. The Balaban J connectivity index is 1.54. The lowest BCUT2D eigenvalue weighted by Crippen LogP contribution is -2.47. The number of ether oxygens (including phenoxy) is 2. The van der Waals surface area contributed by atoms with Gasteiger partial charge >= 0.3 is 0 Å². The monoisotopic (exact) mass is 453 g/mol. The summed E-state index contributed by atoms with van der Waals surface area (Å²) in [6.07, 6.45) is 1.71. The first kappa shape index (κ1) is 21.8. The highest BCUT2D eigenvalue weighted by molar-refractivity contribution is 6.16. The molecule has 1 saturated heterocycles. The van der Waals surface area contributed by atoms with Crippen molar-refractivity contribution in [2.24, 2.45) is 0 Å². The first-order valence-corrected chi connectivity index (χ1v) is 11.4. The van der Waals surface area contributed by atoms with Crippen LogP contribution in [0.2, 0.25) is 0 Å². The molecule has 4 aromatic rings. The molecule has 0 spiro atoms. The highest BCUT2D eigenvalue weighted by Crippen LogP contribution is 2.34. The van der Waals surface area contributed by atoms with E-state index >= 15 is 0 Å². The predicted octanol–water partition coefficient (Wildman–Crippen LogP) is 4.81. The number of hydrogen-bond donors (Lipinski definition) is 0. The van der Waals surface area contributed by atoms with Crippen LogP contribution in [0, 0.1) is 0 Å². The molecule has 1 aliphatic rings. The van der Waals surface area contributed by atoms with Crippen LogP contribution in [0.15, 0.2) is 79.0 Å². The highest BCUT2D eigenvalue weighted by Gasteiger charge is 2.25. The molecule has 2 heterocycles. The summed E-state index contributed by atoms with van der Waals surface area (Å²) in [5.74, 6) is 1.41. The van der Waals surface area contributed by atoms with Gasteiger partial charge in [0.2, 0.25) is 0 Å². The van der Waals surface area contributed by atoms with Crippen molar-refractivity contribution in [3.8, 4) is 11.5 Å². The maximum absolute atomic E-state index is 13.6. The first-order chi connectivity index (χ1) is 16.7. The second-order valence-electron chi connectivity index (χ2n) is 8.27. The van der Waals surface area contributed by atoms with E-state index in [2.05, 4.69) is 39.0 Å². The summed E-state index contributed by atoms with van der Waals surface area (Å²) in [7, 11) is 3.27. The number of nitrogens with zero attached hydrogens (tertiary/aromatic N) is 3. The first-order valence-electron chi connectivity index (χ1n) is 11.4. The van der Waals surface area contributed by atoms with E-state index in [-0.39, 0.29) is 5.78 Å². The van der Waals surface area contributed by atoms with Crippen molar-refractivity contribution in [3.05, 3.63) is 90.1 Å². The summed E-state index contributed by atoms with van der Waals surface area (Å²) in [6.45, 7) is 3.34. The summed E-state index contributed by atoms with van der Waals surface area (Å²) in [5, 5.41) is 0.923. The fraction of sp³-hybridized carbons (Fsp3) is 0.214. The minimum atomic E-state index is -0.0552. The molecule has 0 saturated carbocycles. The number of carbonyl (C=O) groups excluding carboxylic acids is 1. The molecule has 34 heavy (non-hydrogen) atoms. The van der Waals surface area contributed by atoms with Gasteiger partial charge < -0.3 is 19.3 Å². The Labute approximate surface area is 199 Å². The lowest BCUT2D eigenvalue weighted by atomic mass is 9.99. The fourth-order valence-electron chi connectivity index (χ4n) is 4.52. The van der Waals surface area contributed by atoms with Crippen molar-refractivity contribution < 1.29 is 14.3 Å². The van der Waals surface area contributed by atoms with Crippen LogP contribution in [0.5, 0.6) is 11.5 Å². The van der Waals surface area contributed by atoms with Gasteiger partial charge in [-0.3, -0.25) is 9.78 Å². The van der Waals surface area contributed by atoms with Gasteiger partial charge in [0.05, 0.1) is 31.0 Å². The summed E-state index contributed by atoms with van der Waals surface area (Å²) in [5.41, 5.74) is 4.18. The number of para-hydroxylation sites is 1. The molecule has 0 N–H and O–H groups in total. The van der Waals surface area contributed by atoms with Crippen molar-refractivity contribution in [3.63, 3.8) is 0 Å². The Morgan fingerprint density at radius 3 is 2.12 bits per heavy atom. The van der Waals surface area contributed by atoms with Gasteiger partial charge in [-0.05, 0) is 54.6 Å². The molecule has 1 fully saturated rings. The van der Waals surface area contributed by atoms with Gasteiger partial charge in [-0.2, -0.15) is 0 Å². The Morgan fingerprint density at radius 1 is 0.794 bits per heavy atom. The Hall–Kier alpha value is -4.06. The topological polar surface area (TPSA) is 54.9 Å². The Kier molecular flexibility index (Phi) is 6.04. The number of pyridine rings is 1. The zero-order valence-corrected chi connectivity index (χ0v) is 19.4. The molecular formula is C28H27N3O3. The summed E-state index contributed by atoms with van der Waals surface area (Å²) < 4.78 is 10.7. The molecule has 0 bridgehead atoms. The molecule has 0 aliphatic carbocycles. The second-order valence-corrected chi connectivity index (χ2v) is 8.27. The smallest absolute Gasteiger partial charge is 0.196 e. The normalized spacial score (nSPS) is 13.7. The van der Waals surface area contributed by atoms with Crippen LogP contribution in [0.3, 0.4) is 0 Å². The number of hydrogen-bond acceptors (Lipinski definition) is 6. The van der Waals surface area contributed by atoms with E-state index in [1.165, 1.54) is 5.69 Å². The van der Waals surface area contributed by atoms with E-state index in [4.69, 9.17) is 9.47 Å². The minimum Gasteiger partial charge on any atom is -0.497 e. The summed E-state index contributed by atoms with van der Waals surface area (Å²) >= 11 is 0. The van der Waals surface area contributed by atoms with Gasteiger partial charge in [-0.1, -0.05) is 18.2 Å². The van der Waals surface area contributed by atoms with Gasteiger partial charge in [-0.15, -0.1) is 0 Å². The van der Waals surface area contributed by atoms with E-state index in [1.54, 1.807) is 32.5 Å². The standard InChI is InChI=1S/C28H27N3O3/c1-33-22-10-8-20(9-11-22)28(32)25-19-29-26-13-12-23(34-2)18-24(26)27(25)31-16-14-30(15-17-31)21-6-4-3-5-7-21/h3-13,18-19H,14-17H2,1-2H3. The van der Waals surface area contributed by atoms with Gasteiger partial charge in [0, 0.05) is 49.0 Å². The third kappa shape index (κ3) is 4.15. The average Bonchev–Trinajstić information content (AvgIpc) is 2.92. The summed E-state index contributed by atoms with van der Waals surface area (Å²) in [6, 6.07) is 23.5. The fourth-order valence-corrected chi connectivity index (χ4v) is 4.52. The van der Waals surface area contributed by atoms with Crippen molar-refractivity contribution in [1.29, 1.82) is 0 Å². The number of aromatic nitrogens is 1. The van der Waals surface area contributed by atoms with Gasteiger partial charge in [0.1, 0.15) is 11.5 Å². The van der Waals surface area contributed by atoms with Crippen molar-refractivity contribution in [2.45, 2.75) is 0 Å². The number of anilines is 2. The summed E-state index contributed by atoms with van der Waals surface area (Å²) in [4.78, 5) is 22.9. The molecule has 1 aliphatic heterocycles. The van der Waals surface area contributed by atoms with Crippen LogP contribution >= 0.6 is 0 Å². The van der Waals surface area contributed by atoms with Gasteiger partial charge in [0.25, 0.3) is 0 Å². The quantitative estimate of drug-likeness (QED) is 0.391. The van der Waals surface area contributed by atoms with E-state index in [9.17, 15) is 4.79 Å². The van der Waals surface area contributed by atoms with E-state index in [0.717, 1.165) is 54.3 Å². The maximum atomic E-state index is 13.6. The Morgan fingerprint density at radius 2 is 1.44 bits per heavy atom. The van der Waals surface area contributed by atoms with Crippen LogP contribution in [-0.4, -0.2) is 51.2 Å². The molecule has 0 amide bonds. The lowest BCUT2D eigenvalue weighted by molar-refractivity contribution is 0.103. The number of carbonyl (C=O) groups is 1. The zero-order valence-electron chi connectivity index (χ0n) is 19.4. The number of methoxy groups -OCH3 is 2. The molecule has 6 nitrogen and oxygen atoms in total. The molecule has 6 heteroatoms. The largest absolute Gasteiger partial charge is 0.497 e. The second kappa shape index (κ2) is 9.43. The molecule has 0 atom stereocenters. The van der Waals surface area contributed by atoms with Crippen LogP contribution in [-0.2, 0) is 0 Å². The molecule has 0 radical (unpaired) electrons. The average molecular weight is 454 g/mol. The third-order valence-corrected chi connectivity index (χ3v) is 6.36. The number of rotatable bonds is 6. The molecule has 0 unspecified atom stereocenters. The molecule has 5 rings (SSSR count). The number of ketones is 1. The minimum absolute atomic E-state index is 0.0552. The van der Waals surface area contributed by atoms with Crippen LogP contribution in [0.25, 0.3) is 10.9 Å². The van der Waals surface area contributed by atoms with Crippen LogP contribution in [0.4, 0.5) is 11.4 Å². The third-order valence-electron chi connectivity index (χ3n) is 6.36. The maximum Gasteiger partial charge on any atom is 0.196 e. The van der Waals surface area contributed by atoms with E-state index < -0.39 is 0 Å². The van der Waals surface area contributed by atoms with E-state index in [0.29, 0.717) is 11.1 Å². The van der Waals surface area contributed by atoms with Crippen molar-refractivity contribution in [1.82, 2.24) is 4.98 Å². The lowest BCUT2D eigenvalue weighted by Gasteiger charge is -2.38. The van der Waals surface area contributed by atoms with Crippen LogP contribution in [0.1, 0.15) is 15.9 Å².